The maximum atomic E-state index is 13.4. The van der Waals surface area contributed by atoms with Crippen molar-refractivity contribution in [3.63, 3.8) is 0 Å². The molecule has 3 heterocycles. The third-order valence-corrected chi connectivity index (χ3v) is 6.38. The molecular weight excluding hydrogens is 455 g/mol. The van der Waals surface area contributed by atoms with E-state index in [-0.39, 0.29) is 11.7 Å². The van der Waals surface area contributed by atoms with Gasteiger partial charge in [0, 0.05) is 62.9 Å². The molecule has 188 valence electrons. The highest BCUT2D eigenvalue weighted by molar-refractivity contribution is 5.96. The molecule has 1 aromatic heterocycles. The summed E-state index contributed by atoms with van der Waals surface area (Å²) in [5.74, 6) is 0.663. The van der Waals surface area contributed by atoms with Crippen LogP contribution in [0.25, 0.3) is 0 Å². The molecule has 1 saturated heterocycles. The number of aryl methyl sites for hydroxylation is 1. The smallest absolute Gasteiger partial charge is 0.354 e. The highest BCUT2D eigenvalue weighted by Gasteiger charge is 2.36. The van der Waals surface area contributed by atoms with E-state index in [9.17, 15) is 18.0 Å². The number of amides is 1. The third-order valence-electron chi connectivity index (χ3n) is 6.38. The molecule has 0 N–H and O–H groups in total. The molecule has 2 aliphatic rings. The number of carbonyl (C=O) groups is 1. The van der Waals surface area contributed by atoms with Gasteiger partial charge in [0.2, 0.25) is 5.91 Å². The van der Waals surface area contributed by atoms with E-state index in [2.05, 4.69) is 27.0 Å². The van der Waals surface area contributed by atoms with Gasteiger partial charge in [0.25, 0.3) is 0 Å². The quantitative estimate of drug-likeness (QED) is 0.584. The van der Waals surface area contributed by atoms with Crippen molar-refractivity contribution in [3.8, 4) is 0 Å². The van der Waals surface area contributed by atoms with Crippen LogP contribution in [0.5, 0.6) is 0 Å². The summed E-state index contributed by atoms with van der Waals surface area (Å²) in [6.07, 6.45) is 0.878. The van der Waals surface area contributed by atoms with Crippen molar-refractivity contribution in [2.45, 2.75) is 45.2 Å². The lowest BCUT2D eigenvalue weighted by Gasteiger charge is -2.35. The summed E-state index contributed by atoms with van der Waals surface area (Å²) in [6, 6.07) is 9.06. The number of piperazine rings is 1. The van der Waals surface area contributed by atoms with Gasteiger partial charge >= 0.3 is 6.18 Å². The minimum absolute atomic E-state index is 0.139. The summed E-state index contributed by atoms with van der Waals surface area (Å²) in [5.41, 5.74) is 0.704. The highest BCUT2D eigenvalue weighted by atomic mass is 19.4. The molecule has 0 spiro atoms. The number of alkyl halides is 3. The number of hydrogen-bond donors (Lipinski definition) is 0. The summed E-state index contributed by atoms with van der Waals surface area (Å²) in [5, 5.41) is 0. The Kier molecular flexibility index (Phi) is 7.17. The average molecular weight is 488 g/mol. The van der Waals surface area contributed by atoms with E-state index < -0.39 is 17.3 Å². The minimum Gasteiger partial charge on any atom is -0.354 e. The molecule has 1 amide bonds. The zero-order valence-electron chi connectivity index (χ0n) is 20.5. The molecular formula is C26H32F3N5O. The Bertz CT molecular complexity index is 1050. The first kappa shape index (κ1) is 25.2. The Morgan fingerprint density at radius 1 is 0.943 bits per heavy atom. The molecule has 0 radical (unpaired) electrons. The Hall–Kier alpha value is -2.94. The maximum absolute atomic E-state index is 13.4. The van der Waals surface area contributed by atoms with Crippen LogP contribution in [0.15, 0.2) is 42.5 Å². The van der Waals surface area contributed by atoms with E-state index in [0.717, 1.165) is 24.7 Å². The molecule has 0 aliphatic carbocycles. The number of nitrogens with zero attached hydrogens (tertiary/aromatic N) is 5. The average Bonchev–Trinajstić information content (AvgIpc) is 2.82. The molecule has 0 unspecified atom stereocenters. The predicted molar refractivity (Wildman–Crippen MR) is 131 cm³/mol. The molecule has 4 rings (SSSR count). The predicted octanol–water partition coefficient (Wildman–Crippen LogP) is 4.45. The van der Waals surface area contributed by atoms with Crippen molar-refractivity contribution in [1.82, 2.24) is 14.9 Å². The van der Waals surface area contributed by atoms with E-state index in [1.807, 2.05) is 54.8 Å². The summed E-state index contributed by atoms with van der Waals surface area (Å²) in [4.78, 5) is 26.6. The second-order valence-electron chi connectivity index (χ2n) is 10.1. The Labute approximate surface area is 204 Å². The van der Waals surface area contributed by atoms with Gasteiger partial charge in [0.1, 0.15) is 17.3 Å². The standard InChI is InChI=1S/C26H32F3N5O/c1-25(2,3)24-30-21(26(27,28)29)18-22(31-24)33-16-14-32(15-17-33)12-6-7-13-34-20-9-5-4-8-19(20)10-11-23(34)35/h4-9,18H,10-17H2,1-3H3/b7-6+. The van der Waals surface area contributed by atoms with Crippen molar-refractivity contribution < 1.29 is 18.0 Å². The number of fused-ring (bicyclic) bond motifs is 1. The van der Waals surface area contributed by atoms with Crippen LogP contribution < -0.4 is 9.80 Å². The van der Waals surface area contributed by atoms with Gasteiger partial charge in [-0.15, -0.1) is 0 Å². The molecule has 1 aromatic carbocycles. The number of carbonyl (C=O) groups excluding carboxylic acids is 1. The fraction of sp³-hybridized carbons (Fsp3) is 0.500. The molecule has 35 heavy (non-hydrogen) atoms. The molecule has 1 fully saturated rings. The number of para-hydroxylation sites is 1. The van der Waals surface area contributed by atoms with Crippen molar-refractivity contribution in [2.75, 3.05) is 49.1 Å². The molecule has 9 heteroatoms. The molecule has 0 saturated carbocycles. The Balaban J connectivity index is 1.34. The molecule has 6 nitrogen and oxygen atoms in total. The zero-order chi connectivity index (χ0) is 25.2. The third kappa shape index (κ3) is 6.01. The maximum Gasteiger partial charge on any atom is 0.433 e. The largest absolute Gasteiger partial charge is 0.433 e. The lowest BCUT2D eigenvalue weighted by Crippen LogP contribution is -2.47. The van der Waals surface area contributed by atoms with Crippen LogP contribution in [0.1, 0.15) is 44.3 Å². The molecule has 0 bridgehead atoms. The van der Waals surface area contributed by atoms with E-state index in [1.54, 1.807) is 0 Å². The normalized spacial score (nSPS) is 17.8. The second-order valence-corrected chi connectivity index (χ2v) is 10.1. The van der Waals surface area contributed by atoms with Crippen LogP contribution in [0.4, 0.5) is 24.7 Å². The first-order chi connectivity index (χ1) is 16.5. The van der Waals surface area contributed by atoms with E-state index >= 15 is 0 Å². The van der Waals surface area contributed by atoms with Gasteiger partial charge < -0.3 is 9.80 Å². The minimum atomic E-state index is -4.51. The van der Waals surface area contributed by atoms with Gasteiger partial charge in [0.05, 0.1) is 0 Å². The van der Waals surface area contributed by atoms with E-state index in [0.29, 0.717) is 45.0 Å². The second kappa shape index (κ2) is 9.97. The van der Waals surface area contributed by atoms with Gasteiger partial charge in [-0.2, -0.15) is 13.2 Å². The number of benzene rings is 1. The van der Waals surface area contributed by atoms with Gasteiger partial charge in [-0.05, 0) is 18.1 Å². The Morgan fingerprint density at radius 2 is 1.63 bits per heavy atom. The first-order valence-electron chi connectivity index (χ1n) is 12.0. The van der Waals surface area contributed by atoms with Gasteiger partial charge in [0.15, 0.2) is 0 Å². The molecule has 0 atom stereocenters. The summed E-state index contributed by atoms with van der Waals surface area (Å²) in [7, 11) is 0. The van der Waals surface area contributed by atoms with Crippen molar-refractivity contribution in [2.24, 2.45) is 0 Å². The van der Waals surface area contributed by atoms with Crippen LogP contribution in [0.2, 0.25) is 0 Å². The number of anilines is 2. The number of rotatable bonds is 5. The summed E-state index contributed by atoms with van der Waals surface area (Å²) >= 11 is 0. The van der Waals surface area contributed by atoms with Crippen LogP contribution in [0.3, 0.4) is 0 Å². The molecule has 2 aliphatic heterocycles. The molecule has 2 aromatic rings. The van der Waals surface area contributed by atoms with Crippen LogP contribution in [-0.4, -0.2) is 60.0 Å². The number of halogens is 3. The van der Waals surface area contributed by atoms with Gasteiger partial charge in [-0.1, -0.05) is 51.1 Å². The van der Waals surface area contributed by atoms with Gasteiger partial charge in [-0.3, -0.25) is 9.69 Å². The fourth-order valence-electron chi connectivity index (χ4n) is 4.34. The van der Waals surface area contributed by atoms with Crippen LogP contribution >= 0.6 is 0 Å². The monoisotopic (exact) mass is 487 g/mol. The van der Waals surface area contributed by atoms with Gasteiger partial charge in [-0.25, -0.2) is 9.97 Å². The number of hydrogen-bond acceptors (Lipinski definition) is 5. The SMILES string of the molecule is CC(C)(C)c1nc(N2CCN(C/C=C/CN3C(=O)CCc4ccccc43)CC2)cc(C(F)(F)F)n1. The lowest BCUT2D eigenvalue weighted by molar-refractivity contribution is -0.141. The number of aromatic nitrogens is 2. The Morgan fingerprint density at radius 3 is 2.31 bits per heavy atom. The fourth-order valence-corrected chi connectivity index (χ4v) is 4.34. The summed E-state index contributed by atoms with van der Waals surface area (Å²) < 4.78 is 40.3. The lowest BCUT2D eigenvalue weighted by atomic mass is 9.95. The van der Waals surface area contributed by atoms with E-state index in [4.69, 9.17) is 0 Å². The van der Waals surface area contributed by atoms with Crippen molar-refractivity contribution in [3.05, 3.63) is 59.6 Å². The zero-order valence-corrected chi connectivity index (χ0v) is 20.5. The van der Waals surface area contributed by atoms with Crippen molar-refractivity contribution >= 4 is 17.4 Å². The van der Waals surface area contributed by atoms with Crippen molar-refractivity contribution in [1.29, 1.82) is 0 Å². The first-order valence-corrected chi connectivity index (χ1v) is 12.0. The van der Waals surface area contributed by atoms with Crippen LogP contribution in [-0.2, 0) is 22.8 Å². The highest BCUT2D eigenvalue weighted by Crippen LogP contribution is 2.32. The van der Waals surface area contributed by atoms with E-state index in [1.165, 1.54) is 5.56 Å². The van der Waals surface area contributed by atoms with Crippen LogP contribution in [0, 0.1) is 0 Å². The topological polar surface area (TPSA) is 52.6 Å². The summed E-state index contributed by atoms with van der Waals surface area (Å²) in [6.45, 7) is 9.30.